The van der Waals surface area contributed by atoms with Gasteiger partial charge in [0.05, 0.1) is 19.3 Å². The Balaban J connectivity index is -0.00000272. The predicted molar refractivity (Wildman–Crippen MR) is 126 cm³/mol. The Kier molecular flexibility index (Phi) is 16.1. The quantitative estimate of drug-likeness (QED) is 0.132. The van der Waals surface area contributed by atoms with Crippen molar-refractivity contribution < 1.29 is 56.3 Å². The SMILES string of the molecule is NCC#Cc1cn([C@@H]2O[C@H](COP(=O)(O)OP(=O)(O)OP(=O)(O)O)C[C@H]2O)c(=O)[nH]c1=O.[NH4+].[NH4+].[NH4+].[NH4+]. The lowest BCUT2D eigenvalue weighted by atomic mass is 10.2. The van der Waals surface area contributed by atoms with Crippen LogP contribution in [0.3, 0.4) is 0 Å². The molecule has 1 saturated heterocycles. The minimum absolute atomic E-state index is 0. The third kappa shape index (κ3) is 11.6. The second-order valence-corrected chi connectivity index (χ2v) is 10.5. The van der Waals surface area contributed by atoms with Gasteiger partial charge >= 0.3 is 29.2 Å². The normalized spacial score (nSPS) is 22.1. The number of aromatic nitrogens is 2. The van der Waals surface area contributed by atoms with Gasteiger partial charge in [-0.3, -0.25) is 18.9 Å². The predicted octanol–water partition coefficient (Wildman–Crippen LogP) is -0.657. The molecule has 0 bridgehead atoms. The van der Waals surface area contributed by atoms with Crippen LogP contribution in [0, 0.1) is 11.8 Å². The van der Waals surface area contributed by atoms with E-state index in [1.807, 2.05) is 4.98 Å². The Morgan fingerprint density at radius 2 is 1.67 bits per heavy atom. The summed E-state index contributed by atoms with van der Waals surface area (Å²) in [5.74, 6) is 4.84. The summed E-state index contributed by atoms with van der Waals surface area (Å²) in [4.78, 5) is 61.3. The van der Waals surface area contributed by atoms with Crippen LogP contribution >= 0.6 is 23.5 Å². The van der Waals surface area contributed by atoms with Crippen LogP contribution < -0.4 is 41.6 Å². The molecule has 21 nitrogen and oxygen atoms in total. The zero-order valence-corrected chi connectivity index (χ0v) is 22.4. The number of aliphatic hydroxyl groups is 1. The minimum atomic E-state index is -5.69. The number of hydrogen-bond acceptors (Lipinski definition) is 11. The average molecular weight is 593 g/mol. The third-order valence-electron chi connectivity index (χ3n) is 3.57. The molecule has 0 aromatic carbocycles. The first-order valence-electron chi connectivity index (χ1n) is 8.29. The summed E-state index contributed by atoms with van der Waals surface area (Å²) in [7, 11) is -16.6. The molecule has 24 heteroatoms. The van der Waals surface area contributed by atoms with Gasteiger partial charge in [0.25, 0.3) is 5.56 Å². The Morgan fingerprint density at radius 1 is 1.08 bits per heavy atom. The Hall–Kier alpha value is -1.63. The molecule has 1 aliphatic heterocycles. The molecule has 1 aliphatic rings. The zero-order valence-electron chi connectivity index (χ0n) is 19.7. The molecule has 0 saturated carbocycles. The average Bonchev–Trinajstić information content (AvgIpc) is 2.97. The lowest BCUT2D eigenvalue weighted by molar-refractivity contribution is -0.0524. The van der Waals surface area contributed by atoms with E-state index in [-0.39, 0.29) is 43.1 Å². The molecule has 2 rings (SSSR count). The number of aliphatic hydroxyl groups excluding tert-OH is 1. The summed E-state index contributed by atoms with van der Waals surface area (Å²) in [6.45, 7) is -0.890. The fourth-order valence-electron chi connectivity index (χ4n) is 2.48. The number of phosphoric acid groups is 3. The first-order valence-corrected chi connectivity index (χ1v) is 12.8. The highest BCUT2D eigenvalue weighted by Gasteiger charge is 2.42. The summed E-state index contributed by atoms with van der Waals surface area (Å²) in [5, 5.41) is 10.2. The van der Waals surface area contributed by atoms with E-state index in [2.05, 4.69) is 25.0 Å². The fourth-order valence-corrected chi connectivity index (χ4v) is 5.53. The van der Waals surface area contributed by atoms with E-state index in [0.29, 0.717) is 0 Å². The molecule has 2 heterocycles. The highest BCUT2D eigenvalue weighted by Crippen LogP contribution is 2.66. The van der Waals surface area contributed by atoms with Crippen LogP contribution in [0.1, 0.15) is 18.2 Å². The maximum Gasteiger partial charge on any atom is 0.490 e. The summed E-state index contributed by atoms with van der Waals surface area (Å²) >= 11 is 0. The van der Waals surface area contributed by atoms with E-state index in [0.717, 1.165) is 10.8 Å². The number of nitrogens with one attached hydrogen (secondary N) is 1. The maximum absolute atomic E-state index is 12.1. The van der Waals surface area contributed by atoms with E-state index in [4.69, 9.17) is 25.2 Å². The van der Waals surface area contributed by atoms with Gasteiger partial charge in [-0.1, -0.05) is 11.8 Å². The monoisotopic (exact) mass is 593 g/mol. The molecule has 0 spiro atoms. The van der Waals surface area contributed by atoms with E-state index in [1.165, 1.54) is 0 Å². The molecule has 2 unspecified atom stereocenters. The molecule has 5 atom stereocenters. The highest BCUT2D eigenvalue weighted by molar-refractivity contribution is 7.66. The van der Waals surface area contributed by atoms with Gasteiger partial charge in [0.15, 0.2) is 6.23 Å². The van der Waals surface area contributed by atoms with E-state index in [1.54, 1.807) is 0 Å². The van der Waals surface area contributed by atoms with Gasteiger partial charge < -0.3 is 59.8 Å². The van der Waals surface area contributed by atoms with Gasteiger partial charge in [0.2, 0.25) is 0 Å². The molecular weight excluding hydrogens is 559 g/mol. The zero-order chi connectivity index (χ0) is 24.3. The van der Waals surface area contributed by atoms with Crippen molar-refractivity contribution in [3.8, 4) is 11.8 Å². The van der Waals surface area contributed by atoms with Crippen LogP contribution in [0.5, 0.6) is 0 Å². The lowest BCUT2D eigenvalue weighted by Gasteiger charge is -2.19. The molecule has 24 N–H and O–H groups in total. The van der Waals surface area contributed by atoms with Crippen LogP contribution in [0.4, 0.5) is 0 Å². The summed E-state index contributed by atoms with van der Waals surface area (Å²) in [6.07, 6.45) is -3.12. The smallest absolute Gasteiger partial charge is 0.388 e. The van der Waals surface area contributed by atoms with Crippen LogP contribution in [-0.4, -0.2) is 59.6 Å². The number of rotatable bonds is 8. The first kappa shape index (κ1) is 38.9. The van der Waals surface area contributed by atoms with Crippen molar-refractivity contribution in [3.05, 3.63) is 32.6 Å². The number of aromatic amines is 1. The van der Waals surface area contributed by atoms with Crippen molar-refractivity contribution in [1.82, 2.24) is 34.2 Å². The Morgan fingerprint density at radius 3 is 2.19 bits per heavy atom. The second kappa shape index (κ2) is 14.9. The van der Waals surface area contributed by atoms with Crippen molar-refractivity contribution in [2.24, 2.45) is 5.73 Å². The number of H-pyrrole nitrogens is 1. The molecule has 0 amide bonds. The van der Waals surface area contributed by atoms with Gasteiger partial charge in [-0.05, 0) is 0 Å². The first-order chi connectivity index (χ1) is 14.6. The minimum Gasteiger partial charge on any atom is -0.388 e. The Labute approximate surface area is 202 Å². The Bertz CT molecular complexity index is 1170. The fraction of sp³-hybridized carbons (Fsp3) is 0.500. The molecule has 36 heavy (non-hydrogen) atoms. The number of ether oxygens (including phenoxy) is 1. The molecule has 0 aliphatic carbocycles. The highest BCUT2D eigenvalue weighted by atomic mass is 31.3. The van der Waals surface area contributed by atoms with Gasteiger partial charge in [-0.25, -0.2) is 18.5 Å². The third-order valence-corrected chi connectivity index (χ3v) is 7.37. The summed E-state index contributed by atoms with van der Waals surface area (Å²) < 4.78 is 51.4. The topological polar surface area (TPSA) is 416 Å². The van der Waals surface area contributed by atoms with Gasteiger partial charge in [-0.15, -0.1) is 0 Å². The van der Waals surface area contributed by atoms with E-state index in [9.17, 15) is 33.3 Å². The second-order valence-electron chi connectivity index (χ2n) is 6.05. The summed E-state index contributed by atoms with van der Waals surface area (Å²) in [6, 6.07) is 0. The number of nitrogens with zero attached hydrogens (tertiary/aromatic N) is 1. The van der Waals surface area contributed by atoms with Crippen molar-refractivity contribution in [2.75, 3.05) is 13.2 Å². The molecule has 1 fully saturated rings. The van der Waals surface area contributed by atoms with Gasteiger partial charge in [0.1, 0.15) is 11.7 Å². The van der Waals surface area contributed by atoms with Gasteiger partial charge in [0, 0.05) is 12.6 Å². The standard InChI is InChI=1S/C12H18N3O14P3.4H3N/c13-3-1-2-7-5-15(12(18)14-10(7)17)11-9(16)4-8(27-11)6-26-31(22,23)29-32(24,25)28-30(19,20)21;;;;/h5,8-9,11,16H,3-4,6,13H2,(H,22,23)(H,24,25)(H,14,17,18)(H2,19,20,21);4*1H3/p+4/t8-,9+,11+;;;;/m0..../s1. The molecule has 0 radical (unpaired) electrons. The van der Waals surface area contributed by atoms with E-state index >= 15 is 0 Å². The van der Waals surface area contributed by atoms with Crippen LogP contribution in [-0.2, 0) is 31.6 Å². The van der Waals surface area contributed by atoms with E-state index < -0.39 is 59.8 Å². The molecular formula is C12H34N7O14P3+4. The van der Waals surface area contributed by atoms with Crippen molar-refractivity contribution in [2.45, 2.75) is 24.9 Å². The largest absolute Gasteiger partial charge is 0.490 e. The molecule has 1 aromatic heterocycles. The van der Waals surface area contributed by atoms with Crippen molar-refractivity contribution >= 4 is 23.5 Å². The number of phosphoric ester groups is 1. The molecule has 1 aromatic rings. The molecule has 212 valence electrons. The van der Waals surface area contributed by atoms with Crippen LogP contribution in [0.25, 0.3) is 0 Å². The number of quaternary nitrogens is 4. The van der Waals surface area contributed by atoms with Crippen LogP contribution in [0.15, 0.2) is 15.8 Å². The summed E-state index contributed by atoms with van der Waals surface area (Å²) in [5.41, 5.74) is 3.32. The number of hydrogen-bond donors (Lipinski definition) is 11. The maximum atomic E-state index is 12.1. The van der Waals surface area contributed by atoms with Crippen molar-refractivity contribution in [3.63, 3.8) is 0 Å². The van der Waals surface area contributed by atoms with Crippen LogP contribution in [0.2, 0.25) is 0 Å². The number of nitrogens with two attached hydrogens (primary N) is 1. The van der Waals surface area contributed by atoms with Gasteiger partial charge in [-0.2, -0.15) is 8.62 Å². The van der Waals surface area contributed by atoms with Crippen molar-refractivity contribution in [1.29, 1.82) is 0 Å². The lowest BCUT2D eigenvalue weighted by Crippen LogP contribution is -2.36.